The van der Waals surface area contributed by atoms with Crippen LogP contribution in [0.15, 0.2) is 425 Å². The van der Waals surface area contributed by atoms with Gasteiger partial charge in [-0.05, 0) is 220 Å². The van der Waals surface area contributed by atoms with Crippen molar-refractivity contribution < 1.29 is 0 Å². The molecular formula is C112H70N8. The molecule has 0 N–H and O–H groups in total. The lowest BCUT2D eigenvalue weighted by atomic mass is 9.98. The maximum absolute atomic E-state index is 5.88. The molecule has 0 saturated heterocycles. The van der Waals surface area contributed by atoms with Gasteiger partial charge in [0.25, 0.3) is 0 Å². The summed E-state index contributed by atoms with van der Waals surface area (Å²) in [5, 5.41) is 14.2. The van der Waals surface area contributed by atoms with Gasteiger partial charge in [0.05, 0.1) is 77.6 Å². The van der Waals surface area contributed by atoms with Crippen molar-refractivity contribution in [2.24, 2.45) is 0 Å². The van der Waals surface area contributed by atoms with E-state index in [0.29, 0.717) is 5.95 Å². The van der Waals surface area contributed by atoms with E-state index >= 15 is 0 Å². The molecule has 7 heterocycles. The van der Waals surface area contributed by atoms with Crippen LogP contribution in [0.2, 0.25) is 0 Å². The lowest BCUT2D eigenvalue weighted by Crippen LogP contribution is -2.04. The van der Waals surface area contributed by atoms with Crippen LogP contribution in [0, 0.1) is 0 Å². The zero-order valence-corrected chi connectivity index (χ0v) is 65.0. The standard InChI is InChI=1S/C112H70N8/c1-6-25-71(26-7-1)98-70-99(114-112(113-98)120-110-68-78(76-51-57-106-94(64-76)88-39-18-22-43-102(88)117(106)83-32-12-4-13-33-83)45-53-90(110)91-54-46-79(69-111(91)120)77-52-58-107-95(65-77)89-40-19-23-44-103(89)118(107)84-34-14-5-15-35-84)80-27-24-36-85(61-80)119-108-59-49-74(72-47-55-104-92(62-72)86-37-16-20-41-100(86)115(104)81-28-8-2-9-29-81)66-96(108)97-67-75(50-60-109(97)119)73-48-56-105-93(63-73)87-38-17-21-42-101(87)116(105)82-30-10-3-11-31-82/h1-70H. The second-order valence-corrected chi connectivity index (χ2v) is 31.6. The van der Waals surface area contributed by atoms with Crippen LogP contribution in [0.1, 0.15) is 0 Å². The third kappa shape index (κ3) is 10.5. The molecule has 0 aliphatic rings. The van der Waals surface area contributed by atoms with Gasteiger partial charge in [0, 0.05) is 104 Å². The molecule has 0 spiro atoms. The van der Waals surface area contributed by atoms with Gasteiger partial charge >= 0.3 is 0 Å². The lowest BCUT2D eigenvalue weighted by Gasteiger charge is -2.14. The largest absolute Gasteiger partial charge is 0.309 e. The van der Waals surface area contributed by atoms with Crippen LogP contribution in [0.4, 0.5) is 0 Å². The Kier molecular flexibility index (Phi) is 15.0. The van der Waals surface area contributed by atoms with Gasteiger partial charge in [-0.1, -0.05) is 249 Å². The Hall–Kier alpha value is -16.2. The third-order valence-corrected chi connectivity index (χ3v) is 25.0. The quantitative estimate of drug-likeness (QED) is 0.122. The molecule has 0 fully saturated rings. The second-order valence-electron chi connectivity index (χ2n) is 31.6. The van der Waals surface area contributed by atoms with Crippen molar-refractivity contribution in [2.45, 2.75) is 0 Å². The average Bonchev–Trinajstić information content (AvgIpc) is 1.59. The molecule has 0 amide bonds. The molecule has 7 aromatic heterocycles. The molecule has 120 heavy (non-hydrogen) atoms. The first-order chi connectivity index (χ1) is 59.5. The zero-order chi connectivity index (χ0) is 78.6. The van der Waals surface area contributed by atoms with Crippen molar-refractivity contribution in [3.63, 3.8) is 0 Å². The van der Waals surface area contributed by atoms with Crippen molar-refractivity contribution in [1.82, 2.24) is 37.4 Å². The first-order valence-corrected chi connectivity index (χ1v) is 41.1. The Balaban J connectivity index is 0.682. The summed E-state index contributed by atoms with van der Waals surface area (Å²) in [5.41, 5.74) is 31.6. The number of aromatic nitrogens is 8. The average molecular weight is 1530 g/mol. The highest BCUT2D eigenvalue weighted by Crippen LogP contribution is 2.46. The van der Waals surface area contributed by atoms with Crippen molar-refractivity contribution in [1.29, 1.82) is 0 Å². The van der Waals surface area contributed by atoms with Crippen molar-refractivity contribution in [3.8, 4) is 101 Å². The first-order valence-electron chi connectivity index (χ1n) is 41.1. The van der Waals surface area contributed by atoms with Gasteiger partial charge in [-0.15, -0.1) is 0 Å². The van der Waals surface area contributed by atoms with Crippen LogP contribution in [0.5, 0.6) is 0 Å². The van der Waals surface area contributed by atoms with Gasteiger partial charge in [0.15, 0.2) is 0 Å². The van der Waals surface area contributed by atoms with E-state index in [2.05, 4.69) is 452 Å². The molecule has 0 atom stereocenters. The molecular weight excluding hydrogens is 1460 g/mol. The Morgan fingerprint density at radius 3 is 0.692 bits per heavy atom. The molecule has 8 heteroatoms. The van der Waals surface area contributed by atoms with Crippen LogP contribution in [0.3, 0.4) is 0 Å². The van der Waals surface area contributed by atoms with E-state index in [1.807, 2.05) is 0 Å². The predicted molar refractivity (Wildman–Crippen MR) is 501 cm³/mol. The molecule has 8 nitrogen and oxygen atoms in total. The maximum atomic E-state index is 5.88. The van der Waals surface area contributed by atoms with Gasteiger partial charge in [0.2, 0.25) is 5.95 Å². The highest BCUT2D eigenvalue weighted by atomic mass is 15.2. The molecule has 0 saturated carbocycles. The SMILES string of the molecule is c1ccc(-c2cc(-c3cccc(-n4c5ccc(-c6ccc7c(c6)c6ccccc6n7-c6ccccc6)cc5c5cc(-c6ccc7c(c6)c6ccccc6n7-c6ccccc6)ccc54)c3)nc(-n3c4cc(-c5ccc6c(c5)c5ccccc5n6-c5ccccc5)ccc4c4ccc(-c5ccc6c(c5)c5ccccc5n6-c5ccccc5)cc43)n2)cc1. The minimum Gasteiger partial charge on any atom is -0.309 e. The normalized spacial score (nSPS) is 12.0. The van der Waals surface area contributed by atoms with E-state index < -0.39 is 0 Å². The summed E-state index contributed by atoms with van der Waals surface area (Å²) >= 11 is 0. The summed E-state index contributed by atoms with van der Waals surface area (Å²) in [5.74, 6) is 0.566. The molecule has 0 aliphatic carbocycles. The van der Waals surface area contributed by atoms with Crippen molar-refractivity contribution in [2.75, 3.05) is 0 Å². The van der Waals surface area contributed by atoms with Crippen LogP contribution in [-0.4, -0.2) is 37.4 Å². The highest BCUT2D eigenvalue weighted by Gasteiger charge is 2.25. The minimum atomic E-state index is 0.566. The van der Waals surface area contributed by atoms with E-state index in [1.54, 1.807) is 0 Å². The second kappa shape index (κ2) is 26.7. The van der Waals surface area contributed by atoms with Crippen LogP contribution in [-0.2, 0) is 0 Å². The van der Waals surface area contributed by atoms with E-state index in [-0.39, 0.29) is 0 Å². The predicted octanol–water partition coefficient (Wildman–Crippen LogP) is 29.1. The Bertz CT molecular complexity index is 8080. The summed E-state index contributed by atoms with van der Waals surface area (Å²) in [6, 6.07) is 156. The fraction of sp³-hybridized carbons (Fsp3) is 0. The lowest BCUT2D eigenvalue weighted by molar-refractivity contribution is 0.995. The van der Waals surface area contributed by atoms with Crippen LogP contribution >= 0.6 is 0 Å². The number of rotatable bonds is 12. The molecule has 18 aromatic carbocycles. The van der Waals surface area contributed by atoms with Gasteiger partial charge in [-0.3, -0.25) is 4.57 Å². The molecule has 0 unspecified atom stereocenters. The van der Waals surface area contributed by atoms with E-state index in [0.717, 1.165) is 150 Å². The zero-order valence-electron chi connectivity index (χ0n) is 65.0. The topological polar surface area (TPSA) is 55.4 Å². The Morgan fingerprint density at radius 2 is 0.358 bits per heavy atom. The highest BCUT2D eigenvalue weighted by molar-refractivity contribution is 6.18. The molecule has 0 radical (unpaired) electrons. The summed E-state index contributed by atoms with van der Waals surface area (Å²) < 4.78 is 14.3. The molecule has 25 aromatic rings. The monoisotopic (exact) mass is 1530 g/mol. The smallest absolute Gasteiger partial charge is 0.235 e. The minimum absolute atomic E-state index is 0.566. The fourth-order valence-corrected chi connectivity index (χ4v) is 19.5. The summed E-state index contributed by atoms with van der Waals surface area (Å²) in [6.07, 6.45) is 0. The Morgan fingerprint density at radius 1 is 0.125 bits per heavy atom. The van der Waals surface area contributed by atoms with E-state index in [1.165, 1.54) is 76.2 Å². The number of fused-ring (bicyclic) bond motifs is 18. The van der Waals surface area contributed by atoms with Crippen molar-refractivity contribution in [3.05, 3.63) is 425 Å². The summed E-state index contributed by atoms with van der Waals surface area (Å²) in [6.45, 7) is 0. The summed E-state index contributed by atoms with van der Waals surface area (Å²) in [7, 11) is 0. The van der Waals surface area contributed by atoms with Crippen LogP contribution < -0.4 is 0 Å². The molecule has 558 valence electrons. The third-order valence-electron chi connectivity index (χ3n) is 25.0. The number of nitrogens with zero attached hydrogens (tertiary/aromatic N) is 8. The van der Waals surface area contributed by atoms with E-state index in [9.17, 15) is 0 Å². The van der Waals surface area contributed by atoms with Gasteiger partial charge < -0.3 is 22.8 Å². The molecule has 0 bridgehead atoms. The fourth-order valence-electron chi connectivity index (χ4n) is 19.5. The van der Waals surface area contributed by atoms with Gasteiger partial charge in [0.1, 0.15) is 0 Å². The molecule has 25 rings (SSSR count). The van der Waals surface area contributed by atoms with Crippen LogP contribution in [0.25, 0.3) is 232 Å². The number of hydrogen-bond donors (Lipinski definition) is 0. The first kappa shape index (κ1) is 67.2. The van der Waals surface area contributed by atoms with E-state index in [4.69, 9.17) is 9.97 Å². The number of hydrogen-bond acceptors (Lipinski definition) is 2. The number of para-hydroxylation sites is 8. The molecule has 0 aliphatic heterocycles. The van der Waals surface area contributed by atoms with Gasteiger partial charge in [-0.25, -0.2) is 9.97 Å². The summed E-state index contributed by atoms with van der Waals surface area (Å²) in [4.78, 5) is 11.6. The Labute approximate surface area is 689 Å². The van der Waals surface area contributed by atoms with Gasteiger partial charge in [-0.2, -0.15) is 0 Å². The maximum Gasteiger partial charge on any atom is 0.235 e. The number of benzene rings is 18. The van der Waals surface area contributed by atoms with Crippen molar-refractivity contribution >= 4 is 131 Å².